The summed E-state index contributed by atoms with van der Waals surface area (Å²) in [6, 6.07) is 72.4. The van der Waals surface area contributed by atoms with Crippen molar-refractivity contribution in [2.24, 2.45) is 0 Å². The van der Waals surface area contributed by atoms with Gasteiger partial charge in [0.05, 0.1) is 26.9 Å². The first kappa shape index (κ1) is 33.3. The first-order chi connectivity index (χ1) is 29.8. The van der Waals surface area contributed by atoms with Crippen LogP contribution in [0.2, 0.25) is 0 Å². The number of nitrogens with zero attached hydrogens (tertiary/aromatic N) is 3. The van der Waals surface area contributed by atoms with E-state index < -0.39 is 0 Å². The lowest BCUT2D eigenvalue weighted by atomic mass is 9.98. The maximum Gasteiger partial charge on any atom is 0.160 e. The second kappa shape index (κ2) is 12.9. The van der Waals surface area contributed by atoms with Gasteiger partial charge in [0, 0.05) is 53.8 Å². The van der Waals surface area contributed by atoms with Gasteiger partial charge in [-0.05, 0) is 68.4 Å². The number of hydrogen-bond donors (Lipinski definition) is 0. The lowest BCUT2D eigenvalue weighted by molar-refractivity contribution is 1.19. The van der Waals surface area contributed by atoms with E-state index in [0.29, 0.717) is 5.82 Å². The monoisotopic (exact) mass is 779 g/mol. The second-order valence-corrected chi connectivity index (χ2v) is 16.7. The van der Waals surface area contributed by atoms with Crippen LogP contribution in [0.1, 0.15) is 0 Å². The largest absolute Gasteiger partial charge is 0.307 e. The van der Waals surface area contributed by atoms with Gasteiger partial charge in [0.2, 0.25) is 0 Å². The van der Waals surface area contributed by atoms with E-state index in [4.69, 9.17) is 9.97 Å². The Balaban J connectivity index is 1.05. The molecule has 3 heterocycles. The normalized spacial score (nSPS) is 12.0. The molecule has 0 bridgehead atoms. The van der Waals surface area contributed by atoms with Gasteiger partial charge in [-0.3, -0.25) is 0 Å². The van der Waals surface area contributed by atoms with Crippen molar-refractivity contribution in [1.29, 1.82) is 0 Å². The lowest BCUT2D eigenvalue weighted by Gasteiger charge is -2.14. The minimum atomic E-state index is 0.711. The number of rotatable bonds is 4. The Hall–Kier alpha value is -7.66. The minimum Gasteiger partial charge on any atom is -0.307 e. The molecule has 0 saturated heterocycles. The van der Waals surface area contributed by atoms with Gasteiger partial charge in [0.15, 0.2) is 5.82 Å². The molecule has 0 aliphatic rings. The van der Waals surface area contributed by atoms with Crippen molar-refractivity contribution in [2.75, 3.05) is 0 Å². The Morgan fingerprint density at radius 1 is 0.367 bits per heavy atom. The Kier molecular flexibility index (Phi) is 7.18. The molecule has 0 aliphatic carbocycles. The third kappa shape index (κ3) is 4.89. The summed E-state index contributed by atoms with van der Waals surface area (Å²) in [5, 5.41) is 13.7. The first-order valence-corrected chi connectivity index (χ1v) is 21.2. The first-order valence-electron chi connectivity index (χ1n) is 20.4. The van der Waals surface area contributed by atoms with E-state index in [1.165, 1.54) is 68.9 Å². The third-order valence-corrected chi connectivity index (χ3v) is 13.5. The maximum absolute atomic E-state index is 5.34. The molecule has 0 saturated carbocycles. The van der Waals surface area contributed by atoms with Crippen LogP contribution in [0.15, 0.2) is 200 Å². The quantitative estimate of drug-likeness (QED) is 0.167. The molecule has 0 N–H and O–H groups in total. The molecule has 4 heteroatoms. The summed E-state index contributed by atoms with van der Waals surface area (Å²) < 4.78 is 5.16. The average Bonchev–Trinajstić information content (AvgIpc) is 3.89. The maximum atomic E-state index is 5.34. The smallest absolute Gasteiger partial charge is 0.160 e. The molecule has 3 nitrogen and oxygen atoms in total. The van der Waals surface area contributed by atoms with Crippen LogP contribution in [0.25, 0.3) is 125 Å². The number of benzene rings is 10. The number of hydrogen-bond acceptors (Lipinski definition) is 3. The molecule has 60 heavy (non-hydrogen) atoms. The highest BCUT2D eigenvalue weighted by Crippen LogP contribution is 2.49. The standard InChI is InChI=1S/C56H33N3S/c1-2-16-36(17-3-1)52-51-41-22-6-4-14-34(41)29-31-47(51)57-56(58-52)39-20-12-18-37(32-39)38-19-13-21-40(33-38)59-53-42-23-7-5-15-35(42)28-30-46(53)49-43-24-8-9-25-44(43)50-45-26-10-11-27-48(45)60-55(50)54(49)59/h1-33H. The highest BCUT2D eigenvalue weighted by molar-refractivity contribution is 7.27. The van der Waals surface area contributed by atoms with Crippen molar-refractivity contribution in [3.05, 3.63) is 200 Å². The summed E-state index contributed by atoms with van der Waals surface area (Å²) in [7, 11) is 0. The van der Waals surface area contributed by atoms with Gasteiger partial charge in [-0.25, -0.2) is 9.97 Å². The Labute approximate surface area is 349 Å². The molecular formula is C56H33N3S. The van der Waals surface area contributed by atoms with E-state index in [0.717, 1.165) is 49.9 Å². The van der Waals surface area contributed by atoms with Gasteiger partial charge in [-0.1, -0.05) is 170 Å². The SMILES string of the molecule is c1ccc(-c2nc(-c3cccc(-c4cccc(-n5c6c7ccccc7ccc6c6c7ccccc7c7c8ccccc8sc7c65)c4)c3)nc3ccc4ccccc4c23)cc1. The fourth-order valence-corrected chi connectivity index (χ4v) is 11.0. The van der Waals surface area contributed by atoms with E-state index >= 15 is 0 Å². The van der Waals surface area contributed by atoms with Crippen molar-refractivity contribution in [1.82, 2.24) is 14.5 Å². The van der Waals surface area contributed by atoms with E-state index in [1.54, 1.807) is 0 Å². The lowest BCUT2D eigenvalue weighted by Crippen LogP contribution is -1.97. The molecule has 0 fully saturated rings. The molecular weight excluding hydrogens is 747 g/mol. The molecule has 0 atom stereocenters. The fraction of sp³-hybridized carbons (Fsp3) is 0. The van der Waals surface area contributed by atoms with Gasteiger partial charge < -0.3 is 4.57 Å². The predicted octanol–water partition coefficient (Wildman–Crippen LogP) is 15.6. The topological polar surface area (TPSA) is 30.7 Å². The van der Waals surface area contributed by atoms with Crippen molar-refractivity contribution in [2.45, 2.75) is 0 Å². The summed E-state index contributed by atoms with van der Waals surface area (Å²) in [5.74, 6) is 0.711. The number of thiophene rings is 1. The van der Waals surface area contributed by atoms with Crippen LogP contribution in [0.5, 0.6) is 0 Å². The molecule has 0 radical (unpaired) electrons. The molecule has 13 aromatic rings. The van der Waals surface area contributed by atoms with Gasteiger partial charge in [-0.15, -0.1) is 11.3 Å². The molecule has 3 aromatic heterocycles. The fourth-order valence-electron chi connectivity index (χ4n) is 9.69. The van der Waals surface area contributed by atoms with Crippen LogP contribution in [0.3, 0.4) is 0 Å². The van der Waals surface area contributed by atoms with Gasteiger partial charge in [-0.2, -0.15) is 0 Å². The van der Waals surface area contributed by atoms with Crippen LogP contribution in [0, 0.1) is 0 Å². The van der Waals surface area contributed by atoms with Crippen LogP contribution in [0.4, 0.5) is 0 Å². The molecule has 0 spiro atoms. The third-order valence-electron chi connectivity index (χ3n) is 12.3. The van der Waals surface area contributed by atoms with Crippen LogP contribution in [-0.2, 0) is 0 Å². The molecule has 0 unspecified atom stereocenters. The van der Waals surface area contributed by atoms with Crippen LogP contribution in [-0.4, -0.2) is 14.5 Å². The van der Waals surface area contributed by atoms with Crippen molar-refractivity contribution in [3.8, 4) is 39.5 Å². The minimum absolute atomic E-state index is 0.711. The van der Waals surface area contributed by atoms with Gasteiger partial charge in [0.1, 0.15) is 0 Å². The van der Waals surface area contributed by atoms with Crippen molar-refractivity contribution < 1.29 is 0 Å². The summed E-state index contributed by atoms with van der Waals surface area (Å²) in [6.07, 6.45) is 0. The summed E-state index contributed by atoms with van der Waals surface area (Å²) in [5.41, 5.74) is 9.79. The van der Waals surface area contributed by atoms with Gasteiger partial charge in [0.25, 0.3) is 0 Å². The highest BCUT2D eigenvalue weighted by Gasteiger charge is 2.23. The summed E-state index contributed by atoms with van der Waals surface area (Å²) >= 11 is 1.90. The van der Waals surface area contributed by atoms with Crippen LogP contribution >= 0.6 is 11.3 Å². The average molecular weight is 780 g/mol. The van der Waals surface area contributed by atoms with E-state index in [-0.39, 0.29) is 0 Å². The van der Waals surface area contributed by atoms with E-state index in [2.05, 4.69) is 205 Å². The van der Waals surface area contributed by atoms with Gasteiger partial charge >= 0.3 is 0 Å². The Morgan fingerprint density at radius 2 is 0.983 bits per heavy atom. The molecule has 10 aromatic carbocycles. The number of aromatic nitrogens is 3. The highest BCUT2D eigenvalue weighted by atomic mass is 32.1. The molecule has 13 rings (SSSR count). The number of fused-ring (bicyclic) bond motifs is 15. The predicted molar refractivity (Wildman–Crippen MR) is 256 cm³/mol. The zero-order chi connectivity index (χ0) is 39.3. The molecule has 278 valence electrons. The zero-order valence-electron chi connectivity index (χ0n) is 32.3. The van der Waals surface area contributed by atoms with Crippen molar-refractivity contribution in [3.63, 3.8) is 0 Å². The summed E-state index contributed by atoms with van der Waals surface area (Å²) in [4.78, 5) is 10.6. The zero-order valence-corrected chi connectivity index (χ0v) is 33.1. The molecule has 0 aliphatic heterocycles. The summed E-state index contributed by atoms with van der Waals surface area (Å²) in [6.45, 7) is 0. The van der Waals surface area contributed by atoms with Crippen molar-refractivity contribution >= 4 is 96.5 Å². The van der Waals surface area contributed by atoms with E-state index in [9.17, 15) is 0 Å². The van der Waals surface area contributed by atoms with Crippen LogP contribution < -0.4 is 0 Å². The molecule has 0 amide bonds. The Morgan fingerprint density at radius 3 is 1.82 bits per heavy atom. The second-order valence-electron chi connectivity index (χ2n) is 15.7. The van der Waals surface area contributed by atoms with E-state index in [1.807, 2.05) is 11.3 Å². The Bertz CT molecular complexity index is 3900.